The van der Waals surface area contributed by atoms with Crippen LogP contribution in [-0.2, 0) is 20.7 Å². The molecule has 0 unspecified atom stereocenters. The molecule has 0 fully saturated rings. The Morgan fingerprint density at radius 2 is 1.68 bits per heavy atom. The number of carbonyl (C=O) groups is 1. The van der Waals surface area contributed by atoms with Crippen molar-refractivity contribution in [1.82, 2.24) is 0 Å². The highest BCUT2D eigenvalue weighted by Crippen LogP contribution is 2.38. The van der Waals surface area contributed by atoms with Crippen LogP contribution in [0.3, 0.4) is 0 Å². The maximum Gasteiger partial charge on any atom is 0.311 e. The van der Waals surface area contributed by atoms with Crippen LogP contribution >= 0.6 is 7.37 Å². The molecule has 0 spiro atoms. The molecule has 0 amide bonds. The van der Waals surface area contributed by atoms with Gasteiger partial charge in [-0.15, -0.1) is 0 Å². The zero-order chi connectivity index (χ0) is 14.7. The van der Waals surface area contributed by atoms with E-state index in [0.29, 0.717) is 5.75 Å². The highest BCUT2D eigenvalue weighted by Gasteiger charge is 2.22. The number of esters is 1. The van der Waals surface area contributed by atoms with E-state index >= 15 is 0 Å². The highest BCUT2D eigenvalue weighted by molar-refractivity contribution is 7.57. The average Bonchev–Trinajstić information content (AvgIpc) is 2.24. The van der Waals surface area contributed by atoms with Gasteiger partial charge in [0.2, 0.25) is 7.37 Å². The minimum absolute atomic E-state index is 0.228. The molecule has 106 valence electrons. The zero-order valence-corrected chi connectivity index (χ0v) is 13.0. The smallest absolute Gasteiger partial charge is 0.311 e. The van der Waals surface area contributed by atoms with Crippen molar-refractivity contribution in [2.75, 3.05) is 13.3 Å². The number of carbonyl (C=O) groups excluding carboxylic acids is 1. The Labute approximate surface area is 114 Å². The minimum Gasteiger partial charge on any atom is -0.460 e. The van der Waals surface area contributed by atoms with Gasteiger partial charge in [-0.2, -0.15) is 0 Å². The van der Waals surface area contributed by atoms with E-state index in [0.717, 1.165) is 5.56 Å². The molecular formula is C14H21O4P. The first-order valence-corrected chi connectivity index (χ1v) is 8.60. The summed E-state index contributed by atoms with van der Waals surface area (Å²) in [6, 6.07) is 7.03. The summed E-state index contributed by atoms with van der Waals surface area (Å²) in [6.45, 7) is 8.79. The Morgan fingerprint density at radius 3 is 2.11 bits per heavy atom. The van der Waals surface area contributed by atoms with Crippen molar-refractivity contribution >= 4 is 13.3 Å². The van der Waals surface area contributed by atoms with Crippen molar-refractivity contribution in [3.8, 4) is 5.75 Å². The van der Waals surface area contributed by atoms with Crippen LogP contribution in [0.1, 0.15) is 26.3 Å². The maximum absolute atomic E-state index is 11.6. The highest BCUT2D eigenvalue weighted by atomic mass is 31.2. The molecule has 1 aromatic carbocycles. The molecule has 5 heteroatoms. The number of hydrogen-bond donors (Lipinski definition) is 0. The first-order valence-electron chi connectivity index (χ1n) is 6.09. The van der Waals surface area contributed by atoms with Crippen LogP contribution < -0.4 is 4.52 Å². The van der Waals surface area contributed by atoms with Crippen LogP contribution in [0.2, 0.25) is 0 Å². The Bertz CT molecular complexity index is 479. The predicted molar refractivity (Wildman–Crippen MR) is 75.8 cm³/mol. The summed E-state index contributed by atoms with van der Waals surface area (Å²) in [5.74, 6) is 0.318. The molecule has 0 aliphatic carbocycles. The quantitative estimate of drug-likeness (QED) is 0.625. The van der Waals surface area contributed by atoms with Gasteiger partial charge < -0.3 is 9.26 Å². The van der Waals surface area contributed by atoms with Crippen molar-refractivity contribution in [3.63, 3.8) is 0 Å². The molecule has 0 aliphatic heterocycles. The summed E-state index contributed by atoms with van der Waals surface area (Å²) in [7, 11) is -2.54. The fraction of sp³-hybridized carbons (Fsp3) is 0.500. The lowest BCUT2D eigenvalue weighted by molar-refractivity contribution is -0.154. The van der Waals surface area contributed by atoms with E-state index in [1.54, 1.807) is 37.6 Å². The summed E-state index contributed by atoms with van der Waals surface area (Å²) in [6.07, 6.45) is 0. The molecule has 1 rings (SSSR count). The van der Waals surface area contributed by atoms with Gasteiger partial charge in [0, 0.05) is 13.3 Å². The molecule has 0 N–H and O–H groups in total. The van der Waals surface area contributed by atoms with E-state index in [9.17, 15) is 9.36 Å². The number of ether oxygens (including phenoxy) is 1. The van der Waals surface area contributed by atoms with Crippen LogP contribution in [0.4, 0.5) is 0 Å². The van der Waals surface area contributed by atoms with Gasteiger partial charge >= 0.3 is 5.97 Å². The molecular weight excluding hydrogens is 263 g/mol. The van der Waals surface area contributed by atoms with Gasteiger partial charge in [0.1, 0.15) is 12.4 Å². The fourth-order valence-electron chi connectivity index (χ4n) is 1.27. The third-order valence-corrected chi connectivity index (χ3v) is 2.88. The Hall–Kier alpha value is -1.28. The van der Waals surface area contributed by atoms with Gasteiger partial charge in [0.15, 0.2) is 0 Å². The van der Waals surface area contributed by atoms with Crippen LogP contribution in [0.15, 0.2) is 24.3 Å². The lowest BCUT2D eigenvalue weighted by Gasteiger charge is -2.16. The van der Waals surface area contributed by atoms with Crippen molar-refractivity contribution in [2.45, 2.75) is 27.4 Å². The summed E-state index contributed by atoms with van der Waals surface area (Å²) >= 11 is 0. The summed E-state index contributed by atoms with van der Waals surface area (Å²) in [4.78, 5) is 11.6. The van der Waals surface area contributed by atoms with Crippen LogP contribution in [-0.4, -0.2) is 19.3 Å². The molecule has 1 aromatic rings. The van der Waals surface area contributed by atoms with E-state index in [-0.39, 0.29) is 12.6 Å². The Balaban J connectivity index is 2.58. The van der Waals surface area contributed by atoms with Gasteiger partial charge in [0.25, 0.3) is 0 Å². The number of hydrogen-bond acceptors (Lipinski definition) is 4. The van der Waals surface area contributed by atoms with Gasteiger partial charge in [-0.05, 0) is 38.5 Å². The summed E-state index contributed by atoms with van der Waals surface area (Å²) in [5.41, 5.74) is 0.368. The Morgan fingerprint density at radius 1 is 1.16 bits per heavy atom. The first-order chi connectivity index (χ1) is 8.58. The molecule has 0 aromatic heterocycles. The van der Waals surface area contributed by atoms with Crippen molar-refractivity contribution in [1.29, 1.82) is 0 Å². The molecule has 0 saturated heterocycles. The first kappa shape index (κ1) is 15.8. The second kappa shape index (κ2) is 5.79. The lowest BCUT2D eigenvalue weighted by atomic mass is 9.97. The second-order valence-electron chi connectivity index (χ2n) is 5.81. The van der Waals surface area contributed by atoms with Crippen LogP contribution in [0.5, 0.6) is 5.75 Å². The van der Waals surface area contributed by atoms with Crippen LogP contribution in [0, 0.1) is 5.41 Å². The monoisotopic (exact) mass is 284 g/mol. The fourth-order valence-corrected chi connectivity index (χ4v) is 1.90. The van der Waals surface area contributed by atoms with Gasteiger partial charge in [-0.25, -0.2) is 0 Å². The van der Waals surface area contributed by atoms with Crippen LogP contribution in [0.25, 0.3) is 0 Å². The van der Waals surface area contributed by atoms with E-state index in [2.05, 4.69) is 0 Å². The molecule has 0 heterocycles. The Kier molecular flexibility index (Phi) is 4.81. The van der Waals surface area contributed by atoms with Gasteiger partial charge in [-0.1, -0.05) is 12.1 Å². The number of benzene rings is 1. The van der Waals surface area contributed by atoms with Crippen molar-refractivity contribution < 1.29 is 18.6 Å². The van der Waals surface area contributed by atoms with E-state index in [1.807, 2.05) is 20.8 Å². The molecule has 0 bridgehead atoms. The summed E-state index contributed by atoms with van der Waals surface area (Å²) < 4.78 is 22.0. The normalized spacial score (nSPS) is 12.1. The zero-order valence-electron chi connectivity index (χ0n) is 12.1. The largest absolute Gasteiger partial charge is 0.460 e. The van der Waals surface area contributed by atoms with Crippen molar-refractivity contribution in [2.24, 2.45) is 5.41 Å². The molecule has 0 radical (unpaired) electrons. The molecule has 0 saturated carbocycles. The van der Waals surface area contributed by atoms with Gasteiger partial charge in [-0.3, -0.25) is 9.36 Å². The molecule has 0 aliphatic rings. The SMILES string of the molecule is CC(C)(C)C(=O)OCc1ccc(OP(C)(C)=O)cc1. The molecule has 4 nitrogen and oxygen atoms in total. The van der Waals surface area contributed by atoms with Crippen molar-refractivity contribution in [3.05, 3.63) is 29.8 Å². The maximum atomic E-state index is 11.6. The topological polar surface area (TPSA) is 52.6 Å². The minimum atomic E-state index is -2.54. The molecule has 0 atom stereocenters. The van der Waals surface area contributed by atoms with E-state index in [1.165, 1.54) is 0 Å². The van der Waals surface area contributed by atoms with Gasteiger partial charge in [0.05, 0.1) is 5.41 Å². The van der Waals surface area contributed by atoms with E-state index < -0.39 is 12.8 Å². The lowest BCUT2D eigenvalue weighted by Crippen LogP contribution is -2.22. The third kappa shape index (κ3) is 5.93. The third-order valence-electron chi connectivity index (χ3n) is 2.23. The predicted octanol–water partition coefficient (Wildman–Crippen LogP) is 3.69. The van der Waals surface area contributed by atoms with E-state index in [4.69, 9.17) is 9.26 Å². The summed E-state index contributed by atoms with van der Waals surface area (Å²) in [5, 5.41) is 0. The molecule has 19 heavy (non-hydrogen) atoms. The standard InChI is InChI=1S/C14H21O4P/c1-14(2,3)13(15)17-10-11-6-8-12(9-7-11)18-19(4,5)16/h6-9H,10H2,1-5H3. The number of rotatable bonds is 4. The average molecular weight is 284 g/mol. The second-order valence-corrected chi connectivity index (χ2v) is 8.50.